The van der Waals surface area contributed by atoms with Gasteiger partial charge in [-0.2, -0.15) is 0 Å². The van der Waals surface area contributed by atoms with Crippen molar-refractivity contribution in [3.63, 3.8) is 0 Å². The molecule has 1 unspecified atom stereocenters. The van der Waals surface area contributed by atoms with Gasteiger partial charge in [-0.1, -0.05) is 60.7 Å². The van der Waals surface area contributed by atoms with Crippen molar-refractivity contribution < 1.29 is 17.9 Å². The molecule has 26 heavy (non-hydrogen) atoms. The fraction of sp³-hybridized carbons (Fsp3) is 0.350. The van der Waals surface area contributed by atoms with E-state index in [-0.39, 0.29) is 24.8 Å². The fourth-order valence-electron chi connectivity index (χ4n) is 3.16. The van der Waals surface area contributed by atoms with Crippen LogP contribution in [0.25, 0.3) is 0 Å². The standard InChI is InChI=1S/C20H23NO4S/c22-20(16-25-15-17-7-3-1-4-8-17)21-12-11-19(26(23,24)14-13-21)18-9-5-2-6-10-18/h1-10,19H,11-16H2. The Balaban J connectivity index is 1.58. The maximum Gasteiger partial charge on any atom is 0.248 e. The number of sulfone groups is 1. The van der Waals surface area contributed by atoms with Crippen molar-refractivity contribution in [2.45, 2.75) is 18.3 Å². The molecule has 1 aliphatic rings. The number of nitrogens with zero attached hydrogens (tertiary/aromatic N) is 1. The number of amides is 1. The zero-order valence-electron chi connectivity index (χ0n) is 14.6. The summed E-state index contributed by atoms with van der Waals surface area (Å²) in [6.07, 6.45) is 0.413. The number of ether oxygens (including phenoxy) is 1. The van der Waals surface area contributed by atoms with Gasteiger partial charge in [0.05, 0.1) is 17.6 Å². The lowest BCUT2D eigenvalue weighted by Crippen LogP contribution is -2.36. The largest absolute Gasteiger partial charge is 0.367 e. The molecule has 1 atom stereocenters. The number of carbonyl (C=O) groups is 1. The molecule has 0 bridgehead atoms. The third-order valence-corrected chi connectivity index (χ3v) is 6.73. The lowest BCUT2D eigenvalue weighted by molar-refractivity contribution is -0.136. The molecule has 0 radical (unpaired) electrons. The molecule has 1 aliphatic heterocycles. The summed E-state index contributed by atoms with van der Waals surface area (Å²) < 4.78 is 30.7. The van der Waals surface area contributed by atoms with Crippen LogP contribution in [0.15, 0.2) is 60.7 Å². The maximum atomic E-state index is 12.6. The average Bonchev–Trinajstić information content (AvgIpc) is 2.81. The van der Waals surface area contributed by atoms with Crippen LogP contribution in [-0.2, 0) is 26.0 Å². The van der Waals surface area contributed by atoms with E-state index in [4.69, 9.17) is 4.74 Å². The Labute approximate surface area is 154 Å². The second kappa shape index (κ2) is 8.47. The average molecular weight is 373 g/mol. The van der Waals surface area contributed by atoms with Crippen LogP contribution >= 0.6 is 0 Å². The summed E-state index contributed by atoms with van der Waals surface area (Å²) in [5.74, 6) is -0.179. The molecule has 6 heteroatoms. The second-order valence-corrected chi connectivity index (χ2v) is 8.72. The van der Waals surface area contributed by atoms with Crippen LogP contribution in [0, 0.1) is 0 Å². The van der Waals surface area contributed by atoms with Gasteiger partial charge in [-0.3, -0.25) is 4.79 Å². The number of benzene rings is 2. The Morgan fingerprint density at radius 3 is 2.35 bits per heavy atom. The highest BCUT2D eigenvalue weighted by Gasteiger charge is 2.32. The summed E-state index contributed by atoms with van der Waals surface area (Å²) in [5, 5.41) is -0.549. The van der Waals surface area contributed by atoms with Gasteiger partial charge in [-0.05, 0) is 17.5 Å². The van der Waals surface area contributed by atoms with Crippen molar-refractivity contribution in [1.82, 2.24) is 4.90 Å². The Bertz CT molecular complexity index is 821. The van der Waals surface area contributed by atoms with Gasteiger partial charge >= 0.3 is 0 Å². The van der Waals surface area contributed by atoms with Gasteiger partial charge in [0, 0.05) is 13.1 Å². The highest BCUT2D eigenvalue weighted by Crippen LogP contribution is 2.29. The first kappa shape index (κ1) is 18.6. The molecule has 0 spiro atoms. The van der Waals surface area contributed by atoms with Crippen LogP contribution in [0.1, 0.15) is 22.8 Å². The van der Waals surface area contributed by atoms with Crippen molar-refractivity contribution in [2.24, 2.45) is 0 Å². The zero-order valence-corrected chi connectivity index (χ0v) is 15.4. The molecular weight excluding hydrogens is 350 g/mol. The molecule has 2 aromatic rings. The predicted octanol–water partition coefficient (Wildman–Crippen LogP) is 2.59. The Kier molecular flexibility index (Phi) is 6.06. The molecule has 2 aromatic carbocycles. The van der Waals surface area contributed by atoms with Crippen molar-refractivity contribution in [3.8, 4) is 0 Å². The molecule has 1 heterocycles. The normalized spacial score (nSPS) is 19.7. The minimum atomic E-state index is -3.28. The predicted molar refractivity (Wildman–Crippen MR) is 100 cm³/mol. The number of carbonyl (C=O) groups excluding carboxylic acids is 1. The Hall–Kier alpha value is -2.18. The first-order chi connectivity index (χ1) is 12.6. The van der Waals surface area contributed by atoms with Crippen LogP contribution in [0.3, 0.4) is 0 Å². The molecule has 1 fully saturated rings. The van der Waals surface area contributed by atoms with Gasteiger partial charge in [0.15, 0.2) is 9.84 Å². The van der Waals surface area contributed by atoms with E-state index in [2.05, 4.69) is 0 Å². The molecule has 0 aromatic heterocycles. The topological polar surface area (TPSA) is 63.7 Å². The fourth-order valence-corrected chi connectivity index (χ4v) is 4.95. The van der Waals surface area contributed by atoms with Gasteiger partial charge < -0.3 is 9.64 Å². The van der Waals surface area contributed by atoms with Crippen molar-refractivity contribution in [3.05, 3.63) is 71.8 Å². The number of hydrogen-bond donors (Lipinski definition) is 0. The molecule has 0 saturated carbocycles. The summed E-state index contributed by atoms with van der Waals surface area (Å²) in [7, 11) is -3.28. The number of rotatable bonds is 5. The molecule has 5 nitrogen and oxygen atoms in total. The molecule has 1 saturated heterocycles. The van der Waals surface area contributed by atoms with E-state index in [1.165, 1.54) is 0 Å². The summed E-state index contributed by atoms with van der Waals surface area (Å²) in [6, 6.07) is 18.9. The van der Waals surface area contributed by atoms with E-state index >= 15 is 0 Å². The minimum absolute atomic E-state index is 0.0169. The van der Waals surface area contributed by atoms with Gasteiger partial charge in [0.1, 0.15) is 6.61 Å². The van der Waals surface area contributed by atoms with Crippen LogP contribution in [-0.4, -0.2) is 44.7 Å². The van der Waals surface area contributed by atoms with Crippen molar-refractivity contribution in [1.29, 1.82) is 0 Å². The maximum absolute atomic E-state index is 12.6. The molecule has 3 rings (SSSR count). The summed E-state index contributed by atoms with van der Waals surface area (Å²) in [6.45, 7) is 0.974. The van der Waals surface area contributed by atoms with Gasteiger partial charge in [0.2, 0.25) is 5.91 Å². The third kappa shape index (κ3) is 4.71. The lowest BCUT2D eigenvalue weighted by atomic mass is 10.1. The van der Waals surface area contributed by atoms with Gasteiger partial charge in [-0.15, -0.1) is 0 Å². The third-order valence-electron chi connectivity index (χ3n) is 4.60. The van der Waals surface area contributed by atoms with E-state index in [0.29, 0.717) is 19.6 Å². The Morgan fingerprint density at radius 2 is 1.65 bits per heavy atom. The zero-order chi connectivity index (χ0) is 18.4. The summed E-state index contributed by atoms with van der Waals surface area (Å²) >= 11 is 0. The summed E-state index contributed by atoms with van der Waals surface area (Å²) in [4.78, 5) is 14.0. The minimum Gasteiger partial charge on any atom is -0.367 e. The van der Waals surface area contributed by atoms with Crippen LogP contribution in [0.5, 0.6) is 0 Å². The van der Waals surface area contributed by atoms with Crippen LogP contribution in [0.2, 0.25) is 0 Å². The van der Waals surface area contributed by atoms with Gasteiger partial charge in [0.25, 0.3) is 0 Å². The SMILES string of the molecule is O=C(COCc1ccccc1)N1CCC(c2ccccc2)S(=O)(=O)CC1. The molecule has 0 aliphatic carbocycles. The van der Waals surface area contributed by atoms with Crippen LogP contribution in [0.4, 0.5) is 0 Å². The van der Waals surface area contributed by atoms with E-state index < -0.39 is 15.1 Å². The van der Waals surface area contributed by atoms with Crippen molar-refractivity contribution in [2.75, 3.05) is 25.4 Å². The molecule has 0 N–H and O–H groups in total. The van der Waals surface area contributed by atoms with E-state index in [9.17, 15) is 13.2 Å². The van der Waals surface area contributed by atoms with E-state index in [1.807, 2.05) is 60.7 Å². The van der Waals surface area contributed by atoms with Crippen molar-refractivity contribution >= 4 is 15.7 Å². The van der Waals surface area contributed by atoms with Gasteiger partial charge in [-0.25, -0.2) is 8.42 Å². The van der Waals surface area contributed by atoms with Crippen LogP contribution < -0.4 is 0 Å². The second-order valence-electron chi connectivity index (χ2n) is 6.41. The highest BCUT2D eigenvalue weighted by molar-refractivity contribution is 7.91. The molecule has 138 valence electrons. The molecular formula is C20H23NO4S. The smallest absolute Gasteiger partial charge is 0.248 e. The molecule has 1 amide bonds. The summed E-state index contributed by atoms with van der Waals surface area (Å²) in [5.41, 5.74) is 1.80. The first-order valence-corrected chi connectivity index (χ1v) is 10.4. The highest BCUT2D eigenvalue weighted by atomic mass is 32.2. The quantitative estimate of drug-likeness (QED) is 0.808. The first-order valence-electron chi connectivity index (χ1n) is 8.72. The van der Waals surface area contributed by atoms with E-state index in [1.54, 1.807) is 4.90 Å². The van der Waals surface area contributed by atoms with E-state index in [0.717, 1.165) is 11.1 Å². The lowest BCUT2D eigenvalue weighted by Gasteiger charge is -2.20. The monoisotopic (exact) mass is 373 g/mol. The number of hydrogen-bond acceptors (Lipinski definition) is 4. The Morgan fingerprint density at radius 1 is 1.00 bits per heavy atom.